The van der Waals surface area contributed by atoms with Crippen LogP contribution in [0.15, 0.2) is 48.5 Å². The Bertz CT molecular complexity index is 662. The Balaban J connectivity index is 1.95. The predicted octanol–water partition coefficient (Wildman–Crippen LogP) is 2.57. The molecule has 6 heteroatoms. The molecule has 2 aromatic carbocycles. The van der Waals surface area contributed by atoms with Crippen molar-refractivity contribution in [3.05, 3.63) is 54.1 Å². The van der Waals surface area contributed by atoms with Crippen molar-refractivity contribution in [3.8, 4) is 17.2 Å². The van der Waals surface area contributed by atoms with E-state index in [4.69, 9.17) is 14.2 Å². The predicted molar refractivity (Wildman–Crippen MR) is 86.5 cm³/mol. The Kier molecular flexibility index (Phi) is 6.20. The average molecular weight is 379 g/mol. The Labute approximate surface area is 140 Å². The Morgan fingerprint density at radius 1 is 0.913 bits per heavy atom. The number of para-hydroxylation sites is 1. The Morgan fingerprint density at radius 3 is 2.09 bits per heavy atom. The van der Waals surface area contributed by atoms with Crippen molar-refractivity contribution in [3.63, 3.8) is 0 Å². The van der Waals surface area contributed by atoms with Crippen molar-refractivity contribution in [1.29, 1.82) is 0 Å². The second kappa shape index (κ2) is 8.36. The number of hydrogen-bond acceptors (Lipinski definition) is 5. The van der Waals surface area contributed by atoms with E-state index >= 15 is 0 Å². The fraction of sp³-hybridized carbons (Fsp3) is 0.176. The average Bonchev–Trinajstić information content (AvgIpc) is 2.60. The molecule has 0 aliphatic carbocycles. The summed E-state index contributed by atoms with van der Waals surface area (Å²) in [4.78, 5) is 24.0. The van der Waals surface area contributed by atoms with E-state index in [1.807, 2.05) is 6.07 Å². The van der Waals surface area contributed by atoms with Crippen LogP contribution in [-0.2, 0) is 4.79 Å². The molecule has 0 saturated carbocycles. The number of carbonyl (C=O) groups is 2. The van der Waals surface area contributed by atoms with Crippen molar-refractivity contribution in [2.75, 3.05) is 14.2 Å². The van der Waals surface area contributed by atoms with Crippen molar-refractivity contribution in [1.82, 2.24) is 0 Å². The van der Waals surface area contributed by atoms with Crippen LogP contribution >= 0.6 is 0 Å². The number of methoxy groups -OCH3 is 2. The molecule has 0 amide bonds. The summed E-state index contributed by atoms with van der Waals surface area (Å²) in [5.41, 5.74) is 0.466. The molecule has 0 spiro atoms. The summed E-state index contributed by atoms with van der Waals surface area (Å²) in [5.74, 6) is 1.13. The zero-order chi connectivity index (χ0) is 16.7. The second-order valence-corrected chi connectivity index (χ2v) is 6.45. The first-order valence-electron chi connectivity index (χ1n) is 6.78. The molecule has 23 heavy (non-hydrogen) atoms. The van der Waals surface area contributed by atoms with E-state index in [-0.39, 0.29) is 10.0 Å². The van der Waals surface area contributed by atoms with Crippen molar-refractivity contribution >= 4 is 25.6 Å². The van der Waals surface area contributed by atoms with E-state index in [9.17, 15) is 9.59 Å². The minimum atomic E-state index is -0.552. The fourth-order valence-electron chi connectivity index (χ4n) is 1.78. The molecule has 0 saturated heterocycles. The van der Waals surface area contributed by atoms with Crippen LogP contribution in [0.25, 0.3) is 0 Å². The van der Waals surface area contributed by atoms with E-state index in [1.165, 1.54) is 14.2 Å². The standard InChI is InChI=1S/C17H16O5Se/c1-20-14-8-12(9-15(10-14)21-2)17(19)23-11-16(18)22-13-6-4-3-5-7-13/h3-10H,11H2,1-2H3. The molecule has 0 aliphatic rings. The van der Waals surface area contributed by atoms with Gasteiger partial charge in [0.05, 0.1) is 0 Å². The van der Waals surface area contributed by atoms with Gasteiger partial charge >= 0.3 is 140 Å². The molecule has 120 valence electrons. The van der Waals surface area contributed by atoms with E-state index in [1.54, 1.807) is 42.5 Å². The molecule has 0 fully saturated rings. The van der Waals surface area contributed by atoms with E-state index in [0.717, 1.165) is 0 Å². The monoisotopic (exact) mass is 380 g/mol. The van der Waals surface area contributed by atoms with Gasteiger partial charge in [-0.05, 0) is 0 Å². The first-order chi connectivity index (χ1) is 11.1. The molecule has 2 rings (SSSR count). The van der Waals surface area contributed by atoms with Gasteiger partial charge in [0.2, 0.25) is 0 Å². The van der Waals surface area contributed by atoms with Gasteiger partial charge in [-0.2, -0.15) is 0 Å². The SMILES string of the molecule is COc1cc(OC)cc(C(=O)[Se]CC(=O)Oc2ccccc2)c1. The molecule has 5 nitrogen and oxygen atoms in total. The molecule has 0 aliphatic heterocycles. The van der Waals surface area contributed by atoms with Crippen LogP contribution in [0.5, 0.6) is 17.2 Å². The van der Waals surface area contributed by atoms with Crippen molar-refractivity contribution in [2.45, 2.75) is 5.32 Å². The van der Waals surface area contributed by atoms with Crippen LogP contribution in [0.1, 0.15) is 10.4 Å². The number of esters is 1. The van der Waals surface area contributed by atoms with Gasteiger partial charge < -0.3 is 0 Å². The van der Waals surface area contributed by atoms with Gasteiger partial charge in [-0.25, -0.2) is 0 Å². The summed E-state index contributed by atoms with van der Waals surface area (Å²) in [6, 6.07) is 13.7. The molecule has 2 aromatic rings. The maximum absolute atomic E-state index is 12.2. The molecular weight excluding hydrogens is 363 g/mol. The third kappa shape index (κ3) is 5.13. The summed E-state index contributed by atoms with van der Waals surface area (Å²) in [5, 5.41) is 0.0697. The topological polar surface area (TPSA) is 61.8 Å². The van der Waals surface area contributed by atoms with E-state index in [0.29, 0.717) is 22.8 Å². The van der Waals surface area contributed by atoms with Crippen LogP contribution in [0, 0.1) is 0 Å². The van der Waals surface area contributed by atoms with Crippen LogP contribution in [-0.4, -0.2) is 39.8 Å². The fourth-order valence-corrected chi connectivity index (χ4v) is 3.03. The van der Waals surface area contributed by atoms with Gasteiger partial charge in [-0.1, -0.05) is 0 Å². The Hall–Kier alpha value is -2.30. The summed E-state index contributed by atoms with van der Waals surface area (Å²) in [6.07, 6.45) is 0. The summed E-state index contributed by atoms with van der Waals surface area (Å²) < 4.78 is 15.3. The summed E-state index contributed by atoms with van der Waals surface area (Å²) in [7, 11) is 3.04. The molecule has 0 bridgehead atoms. The van der Waals surface area contributed by atoms with E-state index in [2.05, 4.69) is 0 Å². The van der Waals surface area contributed by atoms with Gasteiger partial charge in [-0.3, -0.25) is 0 Å². The van der Waals surface area contributed by atoms with Crippen LogP contribution < -0.4 is 14.2 Å². The molecule has 0 aromatic heterocycles. The van der Waals surface area contributed by atoms with Crippen molar-refractivity contribution < 1.29 is 23.8 Å². The summed E-state index contributed by atoms with van der Waals surface area (Å²) in [6.45, 7) is 0. The zero-order valence-electron chi connectivity index (χ0n) is 12.8. The van der Waals surface area contributed by atoms with E-state index < -0.39 is 20.9 Å². The van der Waals surface area contributed by atoms with Crippen LogP contribution in [0.4, 0.5) is 0 Å². The normalized spacial score (nSPS) is 10.0. The van der Waals surface area contributed by atoms with Gasteiger partial charge in [-0.15, -0.1) is 0 Å². The quantitative estimate of drug-likeness (QED) is 0.420. The minimum absolute atomic E-state index is 0.0697. The number of hydrogen-bond donors (Lipinski definition) is 0. The number of benzene rings is 2. The zero-order valence-corrected chi connectivity index (χ0v) is 14.5. The second-order valence-electron chi connectivity index (χ2n) is 4.46. The molecule has 0 unspecified atom stereocenters. The number of carbonyl (C=O) groups excluding carboxylic acids is 2. The first kappa shape index (κ1) is 17.1. The number of ether oxygens (including phenoxy) is 3. The third-order valence-electron chi connectivity index (χ3n) is 2.88. The molecule has 0 radical (unpaired) electrons. The molecule has 0 heterocycles. The van der Waals surface area contributed by atoms with Gasteiger partial charge in [0.25, 0.3) is 0 Å². The van der Waals surface area contributed by atoms with Crippen molar-refractivity contribution in [2.24, 2.45) is 0 Å². The maximum atomic E-state index is 12.2. The number of rotatable bonds is 7. The Morgan fingerprint density at radius 2 is 1.52 bits per heavy atom. The van der Waals surface area contributed by atoms with Gasteiger partial charge in [0.15, 0.2) is 0 Å². The molecular formula is C17H16O5Se. The first-order valence-corrected chi connectivity index (χ1v) is 8.85. The molecule has 0 N–H and O–H groups in total. The summed E-state index contributed by atoms with van der Waals surface area (Å²) >= 11 is -0.552. The molecule has 0 atom stereocenters. The van der Waals surface area contributed by atoms with Crippen LogP contribution in [0.2, 0.25) is 5.32 Å². The van der Waals surface area contributed by atoms with Crippen LogP contribution in [0.3, 0.4) is 0 Å². The van der Waals surface area contributed by atoms with Gasteiger partial charge in [0.1, 0.15) is 0 Å². The van der Waals surface area contributed by atoms with Gasteiger partial charge in [0, 0.05) is 0 Å². The third-order valence-corrected chi connectivity index (χ3v) is 4.73.